The largest absolute Gasteiger partial charge is 0.364 e. The number of hydrogen-bond acceptors (Lipinski definition) is 2. The van der Waals surface area contributed by atoms with Gasteiger partial charge in [-0.15, -0.1) is 0 Å². The lowest BCUT2D eigenvalue weighted by Crippen LogP contribution is -2.51. The first kappa shape index (κ1) is 14.3. The molecule has 2 rings (SSSR count). The minimum absolute atomic E-state index is 0.0662. The van der Waals surface area contributed by atoms with Gasteiger partial charge in [-0.1, -0.05) is 19.9 Å². The zero-order chi connectivity index (χ0) is 14.0. The molecule has 1 heterocycles. The van der Waals surface area contributed by atoms with Crippen molar-refractivity contribution < 1.29 is 4.39 Å². The Morgan fingerprint density at radius 3 is 2.79 bits per heavy atom. The van der Waals surface area contributed by atoms with Crippen molar-refractivity contribution in [2.75, 3.05) is 18.0 Å². The Morgan fingerprint density at radius 1 is 1.42 bits per heavy atom. The van der Waals surface area contributed by atoms with Crippen LogP contribution in [0.3, 0.4) is 0 Å². The van der Waals surface area contributed by atoms with Crippen LogP contribution in [-0.4, -0.2) is 18.6 Å². The van der Waals surface area contributed by atoms with E-state index in [-0.39, 0.29) is 11.4 Å². The fraction of sp³-hybridized carbons (Fsp3) is 0.625. The van der Waals surface area contributed by atoms with Crippen molar-refractivity contribution in [2.45, 2.75) is 45.6 Å². The molecule has 1 aromatic carbocycles. The molecule has 1 aromatic rings. The summed E-state index contributed by atoms with van der Waals surface area (Å²) in [6, 6.07) is 5.12. The normalized spacial score (nSPS) is 17.7. The first-order valence-electron chi connectivity index (χ1n) is 7.22. The van der Waals surface area contributed by atoms with Gasteiger partial charge in [-0.3, -0.25) is 0 Å². The molecular formula is C16H25FN2. The molecule has 1 unspecified atom stereocenters. The Hall–Kier alpha value is -1.09. The van der Waals surface area contributed by atoms with Crippen LogP contribution < -0.4 is 10.6 Å². The molecule has 1 atom stereocenters. The average Bonchev–Trinajstić information content (AvgIpc) is 2.79. The van der Waals surface area contributed by atoms with Crippen LogP contribution in [0.2, 0.25) is 0 Å². The molecule has 0 saturated carbocycles. The summed E-state index contributed by atoms with van der Waals surface area (Å²) in [6.45, 7) is 8.22. The summed E-state index contributed by atoms with van der Waals surface area (Å²) in [7, 11) is 0. The highest BCUT2D eigenvalue weighted by Gasteiger charge is 2.34. The number of halogens is 1. The zero-order valence-electron chi connectivity index (χ0n) is 12.2. The van der Waals surface area contributed by atoms with Gasteiger partial charge in [0.05, 0.1) is 0 Å². The maximum atomic E-state index is 13.5. The van der Waals surface area contributed by atoms with Crippen LogP contribution in [0, 0.1) is 11.7 Å². The fourth-order valence-corrected chi connectivity index (χ4v) is 2.86. The average molecular weight is 264 g/mol. The van der Waals surface area contributed by atoms with Crippen molar-refractivity contribution in [1.82, 2.24) is 0 Å². The third-order valence-electron chi connectivity index (χ3n) is 4.29. The van der Waals surface area contributed by atoms with Crippen molar-refractivity contribution in [3.05, 3.63) is 29.6 Å². The van der Waals surface area contributed by atoms with E-state index in [2.05, 4.69) is 25.7 Å². The quantitative estimate of drug-likeness (QED) is 0.883. The van der Waals surface area contributed by atoms with E-state index in [9.17, 15) is 4.39 Å². The number of nitrogens with two attached hydrogens (primary N) is 1. The lowest BCUT2D eigenvalue weighted by Gasteiger charge is -2.40. The highest BCUT2D eigenvalue weighted by Crippen LogP contribution is 2.36. The minimum Gasteiger partial charge on any atom is -0.364 e. The fourth-order valence-electron chi connectivity index (χ4n) is 2.86. The van der Waals surface area contributed by atoms with Crippen LogP contribution in [0.1, 0.15) is 39.2 Å². The topological polar surface area (TPSA) is 29.3 Å². The predicted molar refractivity (Wildman–Crippen MR) is 79.0 cm³/mol. The Kier molecular flexibility index (Phi) is 4.14. The van der Waals surface area contributed by atoms with Crippen LogP contribution >= 0.6 is 0 Å². The van der Waals surface area contributed by atoms with Crippen LogP contribution in [0.25, 0.3) is 0 Å². The molecule has 2 nitrogen and oxygen atoms in total. The van der Waals surface area contributed by atoms with E-state index in [0.717, 1.165) is 31.5 Å². The summed E-state index contributed by atoms with van der Waals surface area (Å²) < 4.78 is 13.5. The van der Waals surface area contributed by atoms with Gasteiger partial charge in [-0.2, -0.15) is 0 Å². The van der Waals surface area contributed by atoms with Gasteiger partial charge in [0.2, 0.25) is 0 Å². The third-order valence-corrected chi connectivity index (χ3v) is 4.29. The number of rotatable bonds is 5. The molecule has 106 valence electrons. The second kappa shape index (κ2) is 5.49. The van der Waals surface area contributed by atoms with Crippen LogP contribution in [0.4, 0.5) is 10.1 Å². The van der Waals surface area contributed by atoms with Gasteiger partial charge in [0, 0.05) is 24.3 Å². The molecule has 0 spiro atoms. The van der Waals surface area contributed by atoms with E-state index in [1.54, 1.807) is 12.1 Å². The highest BCUT2D eigenvalue weighted by molar-refractivity contribution is 5.60. The minimum atomic E-state index is -0.158. The SMILES string of the molecule is CC(C)CCC(C)(CN)N1CCc2ccc(F)cc21. The smallest absolute Gasteiger partial charge is 0.125 e. The predicted octanol–water partition coefficient (Wildman–Crippen LogP) is 3.34. The van der Waals surface area contributed by atoms with Crippen LogP contribution in [-0.2, 0) is 6.42 Å². The monoisotopic (exact) mass is 264 g/mol. The van der Waals surface area contributed by atoms with Gasteiger partial charge >= 0.3 is 0 Å². The number of anilines is 1. The van der Waals surface area contributed by atoms with Crippen LogP contribution in [0.15, 0.2) is 18.2 Å². The second-order valence-electron chi connectivity index (χ2n) is 6.31. The molecule has 0 aliphatic carbocycles. The maximum absolute atomic E-state index is 13.5. The standard InChI is InChI=1S/C16H25FN2/c1-12(2)6-8-16(3,11-18)19-9-7-13-4-5-14(17)10-15(13)19/h4-5,10,12H,6-9,11,18H2,1-3H3. The summed E-state index contributed by atoms with van der Waals surface area (Å²) in [4.78, 5) is 2.31. The van der Waals surface area contributed by atoms with Gasteiger partial charge in [0.15, 0.2) is 0 Å². The molecule has 3 heteroatoms. The molecule has 0 amide bonds. The van der Waals surface area contributed by atoms with Crippen molar-refractivity contribution >= 4 is 5.69 Å². The summed E-state index contributed by atoms with van der Waals surface area (Å²) >= 11 is 0. The molecule has 19 heavy (non-hydrogen) atoms. The number of fused-ring (bicyclic) bond motifs is 1. The lowest BCUT2D eigenvalue weighted by molar-refractivity contribution is 0.368. The molecule has 0 aromatic heterocycles. The van der Waals surface area contributed by atoms with Gasteiger partial charge in [-0.25, -0.2) is 4.39 Å². The maximum Gasteiger partial charge on any atom is 0.125 e. The highest BCUT2D eigenvalue weighted by atomic mass is 19.1. The van der Waals surface area contributed by atoms with E-state index < -0.39 is 0 Å². The number of nitrogens with zero attached hydrogens (tertiary/aromatic N) is 1. The Morgan fingerprint density at radius 2 is 2.16 bits per heavy atom. The Labute approximate surface area is 115 Å². The molecule has 2 N–H and O–H groups in total. The van der Waals surface area contributed by atoms with E-state index in [0.29, 0.717) is 12.5 Å². The lowest BCUT2D eigenvalue weighted by atomic mass is 9.90. The molecule has 0 saturated heterocycles. The van der Waals surface area contributed by atoms with E-state index in [4.69, 9.17) is 5.73 Å². The number of benzene rings is 1. The second-order valence-corrected chi connectivity index (χ2v) is 6.31. The summed E-state index contributed by atoms with van der Waals surface area (Å²) in [5, 5.41) is 0. The Balaban J connectivity index is 2.24. The van der Waals surface area contributed by atoms with Crippen molar-refractivity contribution in [2.24, 2.45) is 11.7 Å². The van der Waals surface area contributed by atoms with E-state index in [1.165, 1.54) is 5.56 Å². The molecule has 1 aliphatic heterocycles. The van der Waals surface area contributed by atoms with Gasteiger partial charge in [0.25, 0.3) is 0 Å². The van der Waals surface area contributed by atoms with Crippen molar-refractivity contribution in [1.29, 1.82) is 0 Å². The molecule has 1 aliphatic rings. The first-order chi connectivity index (χ1) is 8.96. The van der Waals surface area contributed by atoms with Crippen molar-refractivity contribution in [3.63, 3.8) is 0 Å². The Bertz CT molecular complexity index is 444. The van der Waals surface area contributed by atoms with Crippen molar-refractivity contribution in [3.8, 4) is 0 Å². The summed E-state index contributed by atoms with van der Waals surface area (Å²) in [5.74, 6) is 0.509. The molecular weight excluding hydrogens is 239 g/mol. The van der Waals surface area contributed by atoms with E-state index in [1.807, 2.05) is 6.07 Å². The summed E-state index contributed by atoms with van der Waals surface area (Å²) in [6.07, 6.45) is 3.19. The molecule has 0 fully saturated rings. The third kappa shape index (κ3) is 2.92. The van der Waals surface area contributed by atoms with E-state index >= 15 is 0 Å². The van der Waals surface area contributed by atoms with Gasteiger partial charge in [-0.05, 0) is 49.8 Å². The van der Waals surface area contributed by atoms with Gasteiger partial charge < -0.3 is 10.6 Å². The number of hydrogen-bond donors (Lipinski definition) is 1. The summed E-state index contributed by atoms with van der Waals surface area (Å²) in [5.41, 5.74) is 8.25. The first-order valence-corrected chi connectivity index (χ1v) is 7.22. The zero-order valence-corrected chi connectivity index (χ0v) is 12.2. The van der Waals surface area contributed by atoms with Crippen LogP contribution in [0.5, 0.6) is 0 Å². The molecule has 0 radical (unpaired) electrons. The molecule has 0 bridgehead atoms. The van der Waals surface area contributed by atoms with Gasteiger partial charge in [0.1, 0.15) is 5.82 Å².